The Morgan fingerprint density at radius 2 is 1.90 bits per heavy atom. The van der Waals surface area contributed by atoms with Gasteiger partial charge in [0.2, 0.25) is 11.5 Å². The normalized spacial score (nSPS) is 28.6. The molecule has 2 N–H and O–H groups in total. The van der Waals surface area contributed by atoms with Crippen molar-refractivity contribution in [3.63, 3.8) is 0 Å². The molecule has 1 aromatic carbocycles. The molecule has 3 aliphatic rings. The van der Waals surface area contributed by atoms with Crippen LogP contribution in [0.1, 0.15) is 30.4 Å². The van der Waals surface area contributed by atoms with E-state index in [0.717, 1.165) is 0 Å². The average molecular weight is 405 g/mol. The maximum atomic E-state index is 13.4. The van der Waals surface area contributed by atoms with Crippen LogP contribution in [0.5, 0.6) is 11.5 Å². The summed E-state index contributed by atoms with van der Waals surface area (Å²) >= 11 is 0. The Kier molecular flexibility index (Phi) is 4.45. The third-order valence-electron chi connectivity index (χ3n) is 7.00. The van der Waals surface area contributed by atoms with Crippen LogP contribution in [0, 0.1) is 0 Å². The fourth-order valence-electron chi connectivity index (χ4n) is 5.91. The number of hydrogen-bond acceptors (Lipinski definition) is 9. The van der Waals surface area contributed by atoms with Gasteiger partial charge in [0.25, 0.3) is 0 Å². The van der Waals surface area contributed by atoms with Crippen molar-refractivity contribution in [2.75, 3.05) is 40.1 Å². The quantitative estimate of drug-likeness (QED) is 0.710. The van der Waals surface area contributed by atoms with Crippen LogP contribution in [0.15, 0.2) is 17.6 Å². The van der Waals surface area contributed by atoms with Crippen molar-refractivity contribution in [3.05, 3.63) is 28.7 Å². The summed E-state index contributed by atoms with van der Waals surface area (Å²) in [5.41, 5.74) is -0.616. The second-order valence-corrected chi connectivity index (χ2v) is 7.85. The van der Waals surface area contributed by atoms with Crippen LogP contribution in [0.25, 0.3) is 0 Å². The lowest BCUT2D eigenvalue weighted by Gasteiger charge is -2.56. The first-order valence-corrected chi connectivity index (χ1v) is 9.45. The SMILES string of the molecule is COC1=C(OC)[C@]23CCc4c(N(O)O)cc(OC)c([O-])c4[C@]2(CCN3C)CC1=O. The lowest BCUT2D eigenvalue weighted by Crippen LogP contribution is -2.62. The molecule has 1 aliphatic heterocycles. The first-order valence-electron chi connectivity index (χ1n) is 9.45. The highest BCUT2D eigenvalue weighted by molar-refractivity contribution is 5.98. The van der Waals surface area contributed by atoms with Crippen molar-refractivity contribution in [2.24, 2.45) is 0 Å². The van der Waals surface area contributed by atoms with Gasteiger partial charge in [0.05, 0.1) is 26.9 Å². The molecule has 0 spiro atoms. The number of hydrogen-bond donors (Lipinski definition) is 2. The minimum atomic E-state index is -0.879. The van der Waals surface area contributed by atoms with E-state index in [0.29, 0.717) is 42.7 Å². The van der Waals surface area contributed by atoms with Gasteiger partial charge in [-0.15, -0.1) is 5.23 Å². The summed E-state index contributed by atoms with van der Waals surface area (Å²) in [7, 11) is 6.25. The highest BCUT2D eigenvalue weighted by Crippen LogP contribution is 2.64. The smallest absolute Gasteiger partial charge is 0.201 e. The standard InChI is InChI=1S/C20H26N2O7/c1-21-8-7-19-10-13(23)17(28-3)18(29-4)20(19,21)6-5-11-12(22(25)26)9-14(27-2)16(24)15(11)19/h9,24-26H,5-8,10H2,1-4H3/p-1/t19-,20+/m0/s1. The summed E-state index contributed by atoms with van der Waals surface area (Å²) in [6.07, 6.45) is 1.54. The van der Waals surface area contributed by atoms with Crippen molar-refractivity contribution in [2.45, 2.75) is 36.6 Å². The van der Waals surface area contributed by atoms with E-state index in [2.05, 4.69) is 4.90 Å². The van der Waals surface area contributed by atoms with E-state index in [-0.39, 0.29) is 40.4 Å². The third-order valence-corrected chi connectivity index (χ3v) is 7.00. The Morgan fingerprint density at radius 1 is 1.17 bits per heavy atom. The third kappa shape index (κ3) is 2.23. The molecule has 0 radical (unpaired) electrons. The molecular formula is C20H25N2O7-. The van der Waals surface area contributed by atoms with E-state index in [9.17, 15) is 20.3 Å². The molecule has 4 rings (SSSR count). The Bertz CT molecular complexity index is 913. The van der Waals surface area contributed by atoms with Crippen LogP contribution in [-0.4, -0.2) is 61.6 Å². The van der Waals surface area contributed by atoms with Crippen molar-refractivity contribution >= 4 is 11.5 Å². The molecule has 2 atom stereocenters. The molecule has 9 nitrogen and oxygen atoms in total. The molecule has 29 heavy (non-hydrogen) atoms. The van der Waals surface area contributed by atoms with Crippen LogP contribution in [0.3, 0.4) is 0 Å². The minimum Gasteiger partial charge on any atom is -0.870 e. The van der Waals surface area contributed by atoms with E-state index in [1.807, 2.05) is 7.05 Å². The molecule has 0 unspecified atom stereocenters. The topological polar surface area (TPSA) is 115 Å². The number of carbonyl (C=O) groups excluding carboxylic acids is 1. The monoisotopic (exact) mass is 405 g/mol. The predicted octanol–water partition coefficient (Wildman–Crippen LogP) is 1.09. The minimum absolute atomic E-state index is 0.000452. The van der Waals surface area contributed by atoms with Crippen LogP contribution in [0.2, 0.25) is 0 Å². The van der Waals surface area contributed by atoms with E-state index >= 15 is 0 Å². The molecule has 2 aliphatic carbocycles. The molecule has 0 aromatic heterocycles. The Labute approximate surface area is 168 Å². The second kappa shape index (κ2) is 6.51. The first-order chi connectivity index (χ1) is 13.8. The number of Topliss-reactive ketones (excluding diaryl/α,β-unsaturated/α-hetero) is 1. The van der Waals surface area contributed by atoms with E-state index in [1.54, 1.807) is 0 Å². The molecule has 1 fully saturated rings. The number of carbonyl (C=O) groups is 1. The van der Waals surface area contributed by atoms with Crippen LogP contribution < -0.4 is 15.1 Å². The summed E-state index contributed by atoms with van der Waals surface area (Å²) in [6.45, 7) is 0.643. The van der Waals surface area contributed by atoms with Gasteiger partial charge in [-0.3, -0.25) is 20.1 Å². The Balaban J connectivity index is 2.11. The van der Waals surface area contributed by atoms with Crippen LogP contribution in [-0.2, 0) is 26.1 Å². The summed E-state index contributed by atoms with van der Waals surface area (Å²) in [4.78, 5) is 15.2. The summed E-state index contributed by atoms with van der Waals surface area (Å²) in [5.74, 6) is 0.0326. The highest BCUT2D eigenvalue weighted by Gasteiger charge is 2.68. The van der Waals surface area contributed by atoms with Crippen molar-refractivity contribution in [1.29, 1.82) is 0 Å². The van der Waals surface area contributed by atoms with Crippen molar-refractivity contribution in [3.8, 4) is 11.5 Å². The van der Waals surface area contributed by atoms with Gasteiger partial charge >= 0.3 is 0 Å². The second-order valence-electron chi connectivity index (χ2n) is 7.85. The molecular weight excluding hydrogens is 380 g/mol. The molecule has 1 aromatic rings. The number of likely N-dealkylation sites (N-methyl/N-ethyl adjacent to an activating group) is 1. The van der Waals surface area contributed by atoms with Gasteiger partial charge in [-0.05, 0) is 44.0 Å². The number of rotatable bonds is 4. The van der Waals surface area contributed by atoms with Crippen LogP contribution >= 0.6 is 0 Å². The fraction of sp³-hybridized carbons (Fsp3) is 0.550. The number of likely N-dealkylation sites (tertiary alicyclic amines) is 1. The van der Waals surface area contributed by atoms with Gasteiger partial charge in [0.1, 0.15) is 11.4 Å². The zero-order valence-corrected chi connectivity index (χ0v) is 16.9. The number of benzene rings is 1. The Hall–Kier alpha value is -2.49. The maximum Gasteiger partial charge on any atom is 0.201 e. The van der Waals surface area contributed by atoms with Crippen molar-refractivity contribution < 1.29 is 34.5 Å². The number of ketones is 1. The highest BCUT2D eigenvalue weighted by atomic mass is 16.8. The van der Waals surface area contributed by atoms with E-state index in [1.165, 1.54) is 27.4 Å². The van der Waals surface area contributed by atoms with Crippen molar-refractivity contribution in [1.82, 2.24) is 4.90 Å². The molecule has 1 heterocycles. The first kappa shape index (κ1) is 19.8. The largest absolute Gasteiger partial charge is 0.870 e. The average Bonchev–Trinajstić information content (AvgIpc) is 2.99. The maximum absolute atomic E-state index is 13.4. The Morgan fingerprint density at radius 3 is 2.48 bits per heavy atom. The zero-order chi connectivity index (χ0) is 21.1. The fourth-order valence-corrected chi connectivity index (χ4v) is 5.91. The zero-order valence-electron chi connectivity index (χ0n) is 16.9. The summed E-state index contributed by atoms with van der Waals surface area (Å²) in [5, 5.41) is 33.1. The number of anilines is 1. The number of nitrogens with zero attached hydrogens (tertiary/aromatic N) is 2. The summed E-state index contributed by atoms with van der Waals surface area (Å²) < 4.78 is 16.4. The molecule has 0 saturated carbocycles. The molecule has 158 valence electrons. The molecule has 0 bridgehead atoms. The van der Waals surface area contributed by atoms with Gasteiger partial charge in [-0.2, -0.15) is 0 Å². The number of methoxy groups -OCH3 is 3. The number of ether oxygens (including phenoxy) is 3. The van der Waals surface area contributed by atoms with Gasteiger partial charge in [-0.1, -0.05) is 5.75 Å². The van der Waals surface area contributed by atoms with Crippen LogP contribution in [0.4, 0.5) is 5.69 Å². The molecule has 0 amide bonds. The number of fused-ring (bicyclic) bond motifs is 1. The van der Waals surface area contributed by atoms with Gasteiger partial charge < -0.3 is 19.3 Å². The molecule has 1 saturated heterocycles. The van der Waals surface area contributed by atoms with Gasteiger partial charge in [-0.25, -0.2) is 0 Å². The van der Waals surface area contributed by atoms with Gasteiger partial charge in [0.15, 0.2) is 5.76 Å². The number of allylic oxidation sites excluding steroid dienone is 1. The predicted molar refractivity (Wildman–Crippen MR) is 99.1 cm³/mol. The lowest BCUT2D eigenvalue weighted by atomic mass is 9.53. The van der Waals surface area contributed by atoms with E-state index < -0.39 is 11.0 Å². The van der Waals surface area contributed by atoms with Gasteiger partial charge in [0, 0.05) is 17.9 Å². The lowest BCUT2D eigenvalue weighted by molar-refractivity contribution is -0.272. The molecule has 9 heteroatoms. The summed E-state index contributed by atoms with van der Waals surface area (Å²) in [6, 6.07) is 1.32. The van der Waals surface area contributed by atoms with E-state index in [4.69, 9.17) is 14.2 Å².